The molecule has 0 aromatic heterocycles. The third-order valence-corrected chi connectivity index (χ3v) is 5.07. The third-order valence-electron chi connectivity index (χ3n) is 5.07. The highest BCUT2D eigenvalue weighted by atomic mass is 16.5. The van der Waals surface area contributed by atoms with E-state index in [4.69, 9.17) is 10.5 Å². The first-order valence-corrected chi connectivity index (χ1v) is 6.94. The fourth-order valence-electron chi connectivity index (χ4n) is 4.13. The van der Waals surface area contributed by atoms with Gasteiger partial charge in [-0.05, 0) is 31.0 Å². The van der Waals surface area contributed by atoms with Gasteiger partial charge in [-0.1, -0.05) is 18.2 Å². The number of ether oxygens (including phenoxy) is 1. The molecule has 0 bridgehead atoms. The van der Waals surface area contributed by atoms with Crippen molar-refractivity contribution >= 4 is 0 Å². The zero-order chi connectivity index (χ0) is 12.3. The van der Waals surface area contributed by atoms with E-state index in [9.17, 15) is 0 Å². The number of para-hydroxylation sites is 1. The Morgan fingerprint density at radius 1 is 1.22 bits per heavy atom. The summed E-state index contributed by atoms with van der Waals surface area (Å²) in [5, 5.41) is 0. The van der Waals surface area contributed by atoms with Crippen LogP contribution in [-0.4, -0.2) is 37.2 Å². The van der Waals surface area contributed by atoms with Gasteiger partial charge in [0.15, 0.2) is 0 Å². The number of hydrogen-bond donors (Lipinski definition) is 1. The van der Waals surface area contributed by atoms with Crippen molar-refractivity contribution in [1.29, 1.82) is 0 Å². The van der Waals surface area contributed by atoms with E-state index in [1.165, 1.54) is 12.1 Å². The standard InChI is InChI=1S/C15H20N2O/c1-17-7-11-9-4-2-3-5-14(9)18-15-10(6-13(15)16)12(11)8-17/h2-5,10-13,15H,6-8,16H2,1H3/t10?,11-,12-,13?,15+/m0/s1. The highest BCUT2D eigenvalue weighted by Gasteiger charge is 2.52. The first-order chi connectivity index (χ1) is 8.74. The fourth-order valence-corrected chi connectivity index (χ4v) is 4.13. The number of likely N-dealkylation sites (N-methyl/N-ethyl adjacent to an activating group) is 1. The fraction of sp³-hybridized carbons (Fsp3) is 0.600. The molecule has 18 heavy (non-hydrogen) atoms. The summed E-state index contributed by atoms with van der Waals surface area (Å²) in [6.07, 6.45) is 1.38. The molecule has 5 atom stereocenters. The van der Waals surface area contributed by atoms with Gasteiger partial charge in [-0.3, -0.25) is 0 Å². The van der Waals surface area contributed by atoms with Crippen LogP contribution in [0.25, 0.3) is 0 Å². The minimum absolute atomic E-state index is 0.229. The lowest BCUT2D eigenvalue weighted by atomic mass is 9.67. The summed E-state index contributed by atoms with van der Waals surface area (Å²) in [6.45, 7) is 2.35. The van der Waals surface area contributed by atoms with Gasteiger partial charge >= 0.3 is 0 Å². The molecule has 3 aliphatic rings. The van der Waals surface area contributed by atoms with E-state index < -0.39 is 0 Å². The monoisotopic (exact) mass is 244 g/mol. The Labute approximate surface area is 108 Å². The van der Waals surface area contributed by atoms with Crippen molar-refractivity contribution in [2.45, 2.75) is 24.5 Å². The maximum Gasteiger partial charge on any atom is 0.123 e. The number of fused-ring (bicyclic) bond motifs is 5. The molecule has 2 heterocycles. The Kier molecular flexibility index (Phi) is 2.24. The Bertz CT molecular complexity index is 475. The highest BCUT2D eigenvalue weighted by molar-refractivity contribution is 5.40. The summed E-state index contributed by atoms with van der Waals surface area (Å²) < 4.78 is 6.20. The van der Waals surface area contributed by atoms with Crippen LogP contribution < -0.4 is 10.5 Å². The summed E-state index contributed by atoms with van der Waals surface area (Å²) in [6, 6.07) is 8.77. The molecule has 3 nitrogen and oxygen atoms in total. The van der Waals surface area contributed by atoms with Crippen LogP contribution in [0.2, 0.25) is 0 Å². The van der Waals surface area contributed by atoms with Gasteiger partial charge in [0.1, 0.15) is 11.9 Å². The lowest BCUT2D eigenvalue weighted by Crippen LogP contribution is -2.57. The summed E-state index contributed by atoms with van der Waals surface area (Å²) in [4.78, 5) is 2.46. The molecule has 0 amide bonds. The normalized spacial score (nSPS) is 42.0. The van der Waals surface area contributed by atoms with Gasteiger partial charge in [0.25, 0.3) is 0 Å². The van der Waals surface area contributed by atoms with E-state index in [0.29, 0.717) is 11.8 Å². The molecule has 2 aliphatic heterocycles. The molecule has 0 spiro atoms. The first-order valence-electron chi connectivity index (χ1n) is 6.94. The van der Waals surface area contributed by atoms with E-state index in [1.54, 1.807) is 0 Å². The maximum atomic E-state index is 6.20. The van der Waals surface area contributed by atoms with E-state index in [-0.39, 0.29) is 12.1 Å². The summed E-state index contributed by atoms with van der Waals surface area (Å²) >= 11 is 0. The van der Waals surface area contributed by atoms with Gasteiger partial charge in [0.05, 0.1) is 0 Å². The van der Waals surface area contributed by atoms with Crippen molar-refractivity contribution in [3.63, 3.8) is 0 Å². The van der Waals surface area contributed by atoms with Crippen LogP contribution in [0, 0.1) is 11.8 Å². The Morgan fingerprint density at radius 2 is 2.06 bits per heavy atom. The number of nitrogens with zero attached hydrogens (tertiary/aromatic N) is 1. The first kappa shape index (κ1) is 10.8. The van der Waals surface area contributed by atoms with Crippen LogP contribution in [-0.2, 0) is 0 Å². The van der Waals surface area contributed by atoms with Gasteiger partial charge in [0.2, 0.25) is 0 Å². The van der Waals surface area contributed by atoms with E-state index in [0.717, 1.165) is 24.6 Å². The lowest BCUT2D eigenvalue weighted by molar-refractivity contribution is -0.00340. The molecule has 96 valence electrons. The zero-order valence-electron chi connectivity index (χ0n) is 10.8. The molecule has 3 heteroatoms. The van der Waals surface area contributed by atoms with Crippen molar-refractivity contribution in [3.8, 4) is 5.75 Å². The molecule has 1 aromatic rings. The minimum atomic E-state index is 0.229. The van der Waals surface area contributed by atoms with Crippen molar-refractivity contribution in [3.05, 3.63) is 29.8 Å². The molecule has 2 unspecified atom stereocenters. The average Bonchev–Trinajstić information content (AvgIpc) is 2.70. The minimum Gasteiger partial charge on any atom is -0.488 e. The maximum absolute atomic E-state index is 6.20. The van der Waals surface area contributed by atoms with E-state index in [1.807, 2.05) is 0 Å². The predicted molar refractivity (Wildman–Crippen MR) is 70.7 cm³/mol. The second-order valence-corrected chi connectivity index (χ2v) is 6.18. The van der Waals surface area contributed by atoms with Crippen LogP contribution in [0.5, 0.6) is 5.75 Å². The molecule has 1 aliphatic carbocycles. The van der Waals surface area contributed by atoms with E-state index in [2.05, 4.69) is 36.2 Å². The number of hydrogen-bond acceptors (Lipinski definition) is 3. The van der Waals surface area contributed by atoms with Gasteiger partial charge in [0, 0.05) is 31.0 Å². The van der Waals surface area contributed by atoms with Gasteiger partial charge in [-0.15, -0.1) is 0 Å². The smallest absolute Gasteiger partial charge is 0.123 e. The third kappa shape index (κ3) is 1.38. The summed E-state index contributed by atoms with van der Waals surface area (Å²) in [5.74, 6) is 3.09. The van der Waals surface area contributed by atoms with Gasteiger partial charge in [-0.25, -0.2) is 0 Å². The number of rotatable bonds is 0. The number of likely N-dealkylation sites (tertiary alicyclic amines) is 1. The molecule has 1 saturated carbocycles. The van der Waals surface area contributed by atoms with E-state index >= 15 is 0 Å². The van der Waals surface area contributed by atoms with Gasteiger partial charge in [-0.2, -0.15) is 0 Å². The summed E-state index contributed by atoms with van der Waals surface area (Å²) in [7, 11) is 2.23. The quantitative estimate of drug-likeness (QED) is 0.750. The molecular weight excluding hydrogens is 224 g/mol. The van der Waals surface area contributed by atoms with Crippen molar-refractivity contribution in [1.82, 2.24) is 4.90 Å². The molecule has 0 radical (unpaired) electrons. The second kappa shape index (κ2) is 3.72. The van der Waals surface area contributed by atoms with Crippen LogP contribution in [0.4, 0.5) is 0 Å². The van der Waals surface area contributed by atoms with Crippen LogP contribution >= 0.6 is 0 Å². The van der Waals surface area contributed by atoms with Crippen LogP contribution in [0.1, 0.15) is 17.9 Å². The van der Waals surface area contributed by atoms with Gasteiger partial charge < -0.3 is 15.4 Å². The average molecular weight is 244 g/mol. The predicted octanol–water partition coefficient (Wildman–Crippen LogP) is 1.44. The number of benzene rings is 1. The number of nitrogens with two attached hydrogens (primary N) is 1. The molecule has 1 aromatic carbocycles. The Balaban J connectivity index is 1.79. The topological polar surface area (TPSA) is 38.5 Å². The van der Waals surface area contributed by atoms with Crippen molar-refractivity contribution < 1.29 is 4.74 Å². The Hall–Kier alpha value is -1.06. The largest absolute Gasteiger partial charge is 0.488 e. The second-order valence-electron chi connectivity index (χ2n) is 6.18. The molecule has 2 fully saturated rings. The van der Waals surface area contributed by atoms with Crippen LogP contribution in [0.3, 0.4) is 0 Å². The molecule has 2 N–H and O–H groups in total. The molecule has 1 saturated heterocycles. The van der Waals surface area contributed by atoms with Crippen LogP contribution in [0.15, 0.2) is 24.3 Å². The van der Waals surface area contributed by atoms with Crippen molar-refractivity contribution in [2.75, 3.05) is 20.1 Å². The Morgan fingerprint density at radius 3 is 2.89 bits per heavy atom. The van der Waals surface area contributed by atoms with Crippen molar-refractivity contribution in [2.24, 2.45) is 17.6 Å². The summed E-state index contributed by atoms with van der Waals surface area (Å²) in [5.41, 5.74) is 7.54. The molecule has 4 rings (SSSR count). The SMILES string of the molecule is CN1C[C@H]2c3ccccc3O[C@H]3C(N)CC3[C@@H]2C1. The highest BCUT2D eigenvalue weighted by Crippen LogP contribution is 2.50. The lowest BCUT2D eigenvalue weighted by Gasteiger charge is -2.44. The zero-order valence-corrected chi connectivity index (χ0v) is 10.8. The molecular formula is C15H20N2O.